The molecule has 0 saturated heterocycles. The molecule has 1 heterocycles. The van der Waals surface area contributed by atoms with Crippen LogP contribution in [0, 0.1) is 0 Å². The van der Waals surface area contributed by atoms with Crippen LogP contribution in [0.2, 0.25) is 0 Å². The average Bonchev–Trinajstić information content (AvgIpc) is 2.62. The fraction of sp³-hybridized carbons (Fsp3) is 0.588. The molecule has 2 rings (SSSR count). The number of ether oxygens (including phenoxy) is 5. The molecule has 1 aromatic carbocycles. The van der Waals surface area contributed by atoms with Crippen LogP contribution in [0.3, 0.4) is 0 Å². The Balaban J connectivity index is 1.97. The first-order chi connectivity index (χ1) is 12.6. The van der Waals surface area contributed by atoms with Crippen molar-refractivity contribution >= 4 is 38.0 Å². The van der Waals surface area contributed by atoms with E-state index >= 15 is 0 Å². The van der Waals surface area contributed by atoms with E-state index < -0.39 is 0 Å². The molecule has 1 aliphatic heterocycles. The van der Waals surface area contributed by atoms with E-state index in [1.54, 1.807) is 11.8 Å². The molecular weight excluding hydrogens is 474 g/mol. The van der Waals surface area contributed by atoms with Gasteiger partial charge in [0.05, 0.1) is 33.0 Å². The third-order valence-corrected chi connectivity index (χ3v) is 5.34. The van der Waals surface area contributed by atoms with Crippen LogP contribution in [0.25, 0.3) is 0 Å². The van der Waals surface area contributed by atoms with Gasteiger partial charge in [-0.05, 0) is 50.9 Å². The van der Waals surface area contributed by atoms with E-state index in [2.05, 4.69) is 31.9 Å². The molecule has 0 aliphatic carbocycles. The van der Waals surface area contributed by atoms with E-state index in [1.807, 2.05) is 12.1 Å². The molecule has 0 N–H and O–H groups in total. The lowest BCUT2D eigenvalue weighted by Crippen LogP contribution is -2.37. The number of hydrogen-bond donors (Lipinski definition) is 0. The number of amides is 1. The predicted molar refractivity (Wildman–Crippen MR) is 103 cm³/mol. The van der Waals surface area contributed by atoms with Crippen LogP contribution < -0.4 is 9.47 Å². The number of rotatable bonds is 1. The summed E-state index contributed by atoms with van der Waals surface area (Å²) in [6, 6.07) is 3.70. The smallest absolute Gasteiger partial charge is 0.409 e. The predicted octanol–water partition coefficient (Wildman–Crippen LogP) is 3.47. The molecule has 0 unspecified atom stereocenters. The second-order valence-electron chi connectivity index (χ2n) is 5.32. The van der Waals surface area contributed by atoms with Crippen LogP contribution in [-0.2, 0) is 14.2 Å². The summed E-state index contributed by atoms with van der Waals surface area (Å²) in [6.07, 6.45) is -0.362. The van der Waals surface area contributed by atoms with Crippen molar-refractivity contribution in [2.45, 2.75) is 6.92 Å². The van der Waals surface area contributed by atoms with Crippen molar-refractivity contribution in [1.29, 1.82) is 0 Å². The Labute approximate surface area is 170 Å². The summed E-state index contributed by atoms with van der Waals surface area (Å²) >= 11 is 6.92. The molecule has 0 atom stereocenters. The third-order valence-electron chi connectivity index (χ3n) is 3.49. The first kappa shape index (κ1) is 21.3. The lowest BCUT2D eigenvalue weighted by Gasteiger charge is -2.21. The summed E-state index contributed by atoms with van der Waals surface area (Å²) in [4.78, 5) is 13.5. The number of halogens is 2. The van der Waals surface area contributed by atoms with Gasteiger partial charge in [-0.25, -0.2) is 4.79 Å². The number of carbonyl (C=O) groups excluding carboxylic acids is 1. The molecule has 1 aromatic rings. The minimum absolute atomic E-state index is 0.335. The molecule has 9 heteroatoms. The Morgan fingerprint density at radius 1 is 0.962 bits per heavy atom. The van der Waals surface area contributed by atoms with Crippen molar-refractivity contribution in [2.75, 3.05) is 59.3 Å². The van der Waals surface area contributed by atoms with Crippen molar-refractivity contribution in [2.24, 2.45) is 0 Å². The molecule has 26 heavy (non-hydrogen) atoms. The fourth-order valence-corrected chi connectivity index (χ4v) is 2.86. The third kappa shape index (κ3) is 6.94. The molecule has 0 spiro atoms. The first-order valence-electron chi connectivity index (χ1n) is 8.43. The van der Waals surface area contributed by atoms with Gasteiger partial charge in [0.15, 0.2) is 11.5 Å². The monoisotopic (exact) mass is 495 g/mol. The van der Waals surface area contributed by atoms with Gasteiger partial charge in [-0.15, -0.1) is 0 Å². The highest BCUT2D eigenvalue weighted by molar-refractivity contribution is 9.13. The summed E-state index contributed by atoms with van der Waals surface area (Å²) in [5.74, 6) is 1.26. The van der Waals surface area contributed by atoms with E-state index in [9.17, 15) is 4.79 Å². The highest BCUT2D eigenvalue weighted by atomic mass is 79.9. The van der Waals surface area contributed by atoms with Crippen molar-refractivity contribution in [3.8, 4) is 11.5 Å². The van der Waals surface area contributed by atoms with Gasteiger partial charge in [-0.3, -0.25) is 0 Å². The Morgan fingerprint density at radius 3 is 1.92 bits per heavy atom. The highest BCUT2D eigenvalue weighted by Crippen LogP contribution is 2.36. The Bertz CT molecular complexity index is 546. The summed E-state index contributed by atoms with van der Waals surface area (Å²) in [5, 5.41) is 0. The maximum Gasteiger partial charge on any atom is 0.409 e. The quantitative estimate of drug-likeness (QED) is 0.593. The minimum Gasteiger partial charge on any atom is -0.487 e. The zero-order valence-corrected chi connectivity index (χ0v) is 17.8. The molecule has 1 amide bonds. The van der Waals surface area contributed by atoms with Crippen molar-refractivity contribution in [3.63, 3.8) is 0 Å². The van der Waals surface area contributed by atoms with Crippen molar-refractivity contribution < 1.29 is 28.5 Å². The Hall–Kier alpha value is -1.03. The zero-order valence-electron chi connectivity index (χ0n) is 14.7. The van der Waals surface area contributed by atoms with Crippen LogP contribution in [0.5, 0.6) is 11.5 Å². The van der Waals surface area contributed by atoms with Crippen molar-refractivity contribution in [1.82, 2.24) is 4.90 Å². The fourth-order valence-electron chi connectivity index (χ4n) is 2.22. The first-order valence-corrected chi connectivity index (χ1v) is 10.0. The van der Waals surface area contributed by atoms with Crippen LogP contribution in [0.1, 0.15) is 6.92 Å². The largest absolute Gasteiger partial charge is 0.487 e. The van der Waals surface area contributed by atoms with E-state index in [4.69, 9.17) is 23.7 Å². The molecule has 0 radical (unpaired) electrons. The maximum absolute atomic E-state index is 11.9. The zero-order chi connectivity index (χ0) is 18.8. The summed E-state index contributed by atoms with van der Waals surface area (Å²) in [5.41, 5.74) is 0. The van der Waals surface area contributed by atoms with Gasteiger partial charge < -0.3 is 28.6 Å². The molecule has 0 saturated carbocycles. The normalized spacial score (nSPS) is 17.1. The summed E-state index contributed by atoms with van der Waals surface area (Å²) in [7, 11) is 0. The lowest BCUT2D eigenvalue weighted by atomic mass is 10.3. The van der Waals surface area contributed by atoms with Crippen LogP contribution in [0.4, 0.5) is 4.79 Å². The van der Waals surface area contributed by atoms with Gasteiger partial charge in [0.25, 0.3) is 0 Å². The average molecular weight is 497 g/mol. The molecule has 7 nitrogen and oxygen atoms in total. The van der Waals surface area contributed by atoms with E-state index in [1.165, 1.54) is 0 Å². The number of carbonyl (C=O) groups is 1. The molecule has 0 fully saturated rings. The van der Waals surface area contributed by atoms with Gasteiger partial charge >= 0.3 is 6.09 Å². The van der Waals surface area contributed by atoms with Crippen molar-refractivity contribution in [3.05, 3.63) is 21.1 Å². The Kier molecular flexibility index (Phi) is 9.52. The van der Waals surface area contributed by atoms with Crippen LogP contribution in [-0.4, -0.2) is 70.3 Å². The standard InChI is InChI=1S/C17H23Br2NO6/c1-2-24-17(21)20-3-5-22-7-9-25-15-11-13(18)14(19)12-16(15)26-10-8-23-6-4-20/h11-12H,2-10H2,1H3. The van der Waals surface area contributed by atoms with Gasteiger partial charge in [0.1, 0.15) is 13.2 Å². The number of benzene rings is 1. The highest BCUT2D eigenvalue weighted by Gasteiger charge is 2.15. The van der Waals surface area contributed by atoms with Crippen LogP contribution >= 0.6 is 31.9 Å². The Morgan fingerprint density at radius 2 is 1.46 bits per heavy atom. The molecule has 0 aromatic heterocycles. The maximum atomic E-state index is 11.9. The van der Waals surface area contributed by atoms with Gasteiger partial charge in [-0.1, -0.05) is 0 Å². The van der Waals surface area contributed by atoms with E-state index in [0.29, 0.717) is 70.8 Å². The van der Waals surface area contributed by atoms with Crippen LogP contribution in [0.15, 0.2) is 21.1 Å². The SMILES string of the molecule is CCOC(=O)N1CCOCCOc2cc(Br)c(Br)cc2OCCOCC1. The minimum atomic E-state index is -0.362. The molecule has 0 bridgehead atoms. The number of fused-ring (bicyclic) bond motifs is 1. The number of hydrogen-bond acceptors (Lipinski definition) is 6. The van der Waals surface area contributed by atoms with Gasteiger partial charge in [0.2, 0.25) is 0 Å². The molecule has 146 valence electrons. The molecule has 1 aliphatic rings. The second-order valence-corrected chi connectivity index (χ2v) is 7.03. The number of nitrogens with zero attached hydrogens (tertiary/aromatic N) is 1. The summed E-state index contributed by atoms with van der Waals surface area (Å²) in [6.45, 7) is 5.34. The van der Waals surface area contributed by atoms with Gasteiger partial charge in [0, 0.05) is 22.0 Å². The van der Waals surface area contributed by atoms with Gasteiger partial charge in [-0.2, -0.15) is 0 Å². The molecular formula is C17H23Br2NO6. The second kappa shape index (κ2) is 11.6. The topological polar surface area (TPSA) is 66.5 Å². The van der Waals surface area contributed by atoms with E-state index in [-0.39, 0.29) is 6.09 Å². The van der Waals surface area contributed by atoms with E-state index in [0.717, 1.165) is 8.95 Å². The lowest BCUT2D eigenvalue weighted by molar-refractivity contribution is 0.0486. The summed E-state index contributed by atoms with van der Waals surface area (Å²) < 4.78 is 29.5.